The number of rotatable bonds is 2. The van der Waals surface area contributed by atoms with Crippen LogP contribution < -0.4 is 10.0 Å². The predicted octanol–water partition coefficient (Wildman–Crippen LogP) is 4.60. The van der Waals surface area contributed by atoms with E-state index in [1.807, 2.05) is 42.5 Å². The van der Waals surface area contributed by atoms with Crippen molar-refractivity contribution in [2.45, 2.75) is 13.8 Å². The van der Waals surface area contributed by atoms with E-state index >= 15 is 0 Å². The zero-order valence-corrected chi connectivity index (χ0v) is 15.4. The van der Waals surface area contributed by atoms with Crippen LogP contribution in [-0.2, 0) is 17.1 Å². The minimum Gasteiger partial charge on any atom is -0.748 e. The second kappa shape index (κ2) is 8.95. The van der Waals surface area contributed by atoms with E-state index in [0.717, 1.165) is 5.75 Å². The average molecular weight is 352 g/mol. The van der Waals surface area contributed by atoms with Crippen LogP contribution in [0.5, 0.6) is 5.75 Å². The van der Waals surface area contributed by atoms with Crippen molar-refractivity contribution >= 4 is 14.5 Å². The second-order valence-electron chi connectivity index (χ2n) is 4.97. The first-order valence-corrected chi connectivity index (χ1v) is 7.54. The Balaban J connectivity index is 0.000000344. The number of hydrogen-bond acceptors (Lipinski definition) is 1. The molecule has 3 heteroatoms. The van der Waals surface area contributed by atoms with E-state index in [9.17, 15) is 0 Å². The number of benzene rings is 1. The second-order valence-corrected chi connectivity index (χ2v) is 5.60. The van der Waals surface area contributed by atoms with Crippen molar-refractivity contribution in [1.29, 1.82) is 0 Å². The summed E-state index contributed by atoms with van der Waals surface area (Å²) in [6.07, 6.45) is 0. The first kappa shape index (κ1) is 18.7. The molecule has 0 N–H and O–H groups in total. The summed E-state index contributed by atoms with van der Waals surface area (Å²) >= 11 is 0. The summed E-state index contributed by atoms with van der Waals surface area (Å²) in [7, 11) is 4.50. The van der Waals surface area contributed by atoms with Crippen LogP contribution >= 0.6 is 9.24 Å². The van der Waals surface area contributed by atoms with E-state index in [0.29, 0.717) is 0 Å². The van der Waals surface area contributed by atoms with E-state index in [1.165, 1.54) is 27.6 Å². The molecule has 1 unspecified atom stereocenters. The molecule has 0 aliphatic heterocycles. The summed E-state index contributed by atoms with van der Waals surface area (Å²) in [6, 6.07) is 20.4. The fourth-order valence-electron chi connectivity index (χ4n) is 2.29. The Morgan fingerprint density at radius 1 is 0.955 bits per heavy atom. The maximum absolute atomic E-state index is 5.17. The van der Waals surface area contributed by atoms with E-state index in [-0.39, 0.29) is 17.1 Å². The summed E-state index contributed by atoms with van der Waals surface area (Å²) in [6.45, 7) is 4.32. The molecule has 0 saturated heterocycles. The van der Waals surface area contributed by atoms with E-state index < -0.39 is 0 Å². The Kier molecular flexibility index (Phi) is 7.62. The van der Waals surface area contributed by atoms with Gasteiger partial charge in [-0.25, -0.2) is 0 Å². The molecule has 0 aliphatic carbocycles. The summed E-state index contributed by atoms with van der Waals surface area (Å²) in [4.78, 5) is 0. The van der Waals surface area contributed by atoms with Crippen LogP contribution in [0.25, 0.3) is 11.1 Å². The summed E-state index contributed by atoms with van der Waals surface area (Å²) in [5.74, 6) is 0.898. The maximum Gasteiger partial charge on any atom is 0.104 e. The van der Waals surface area contributed by atoms with Gasteiger partial charge in [0.05, 0.1) is 7.11 Å². The molecule has 0 saturated carbocycles. The third-order valence-corrected chi connectivity index (χ3v) is 4.02. The topological polar surface area (TPSA) is 9.23 Å². The van der Waals surface area contributed by atoms with Gasteiger partial charge in [-0.15, -0.1) is 44.1 Å². The Morgan fingerprint density at radius 3 is 1.82 bits per heavy atom. The zero-order chi connectivity index (χ0) is 15.2. The van der Waals surface area contributed by atoms with Gasteiger partial charge < -0.3 is 35.1 Å². The molecule has 1 atom stereocenters. The number of methoxy groups -OCH3 is 1. The first-order chi connectivity index (χ1) is 10.1. The number of hydrogen-bond donors (Lipinski definition) is 0. The van der Waals surface area contributed by atoms with Crippen molar-refractivity contribution in [2.24, 2.45) is 0 Å². The Labute approximate surface area is 146 Å². The minimum absolute atomic E-state index is 0. The van der Waals surface area contributed by atoms with E-state index in [4.69, 9.17) is 4.74 Å². The molecular weight excluding hydrogens is 331 g/mol. The van der Waals surface area contributed by atoms with Crippen LogP contribution in [0.2, 0.25) is 0 Å². The fraction of sp³-hybridized carbons (Fsp3) is 0.158. The van der Waals surface area contributed by atoms with Crippen molar-refractivity contribution < 1.29 is 21.8 Å². The third kappa shape index (κ3) is 4.58. The Hall–Kier alpha value is -1.33. The van der Waals surface area contributed by atoms with Crippen LogP contribution in [0.15, 0.2) is 60.7 Å². The van der Waals surface area contributed by atoms with Crippen molar-refractivity contribution in [3.05, 3.63) is 71.8 Å². The summed E-state index contributed by atoms with van der Waals surface area (Å²) in [5, 5.41) is 1.26. The summed E-state index contributed by atoms with van der Waals surface area (Å²) < 4.78 is 5.17. The van der Waals surface area contributed by atoms with Crippen LogP contribution in [0.4, 0.5) is 0 Å². The fourth-order valence-corrected chi connectivity index (χ4v) is 2.92. The normalized spacial score (nSPS) is 9.45. The zero-order valence-electron chi connectivity index (χ0n) is 13.1. The van der Waals surface area contributed by atoms with Gasteiger partial charge in [-0.2, -0.15) is 0 Å². The molecule has 0 aliphatic rings. The molecule has 0 amide bonds. The maximum atomic E-state index is 5.17. The average Bonchev–Trinajstić information content (AvgIpc) is 3.13. The predicted molar refractivity (Wildman–Crippen MR) is 94.9 cm³/mol. The molecule has 0 fully saturated rings. The smallest absolute Gasteiger partial charge is 0.104 e. The Morgan fingerprint density at radius 2 is 1.45 bits per heavy atom. The van der Waals surface area contributed by atoms with Crippen LogP contribution in [0, 0.1) is 13.8 Å². The van der Waals surface area contributed by atoms with Crippen molar-refractivity contribution in [3.63, 3.8) is 0 Å². The van der Waals surface area contributed by atoms with Gasteiger partial charge in [-0.3, -0.25) is 0 Å². The van der Waals surface area contributed by atoms with Crippen molar-refractivity contribution in [1.82, 2.24) is 0 Å². The largest absolute Gasteiger partial charge is 0.748 e. The molecule has 122 valence electrons. The molecule has 0 spiro atoms. The van der Waals surface area contributed by atoms with Gasteiger partial charge >= 0.3 is 0 Å². The van der Waals surface area contributed by atoms with Gasteiger partial charge in [0.15, 0.2) is 0 Å². The molecule has 1 nitrogen and oxygen atoms in total. The summed E-state index contributed by atoms with van der Waals surface area (Å²) in [5.41, 5.74) is 5.27. The van der Waals surface area contributed by atoms with Crippen molar-refractivity contribution in [3.8, 4) is 16.9 Å². The molecule has 3 aromatic carbocycles. The standard InChI is InChI=1S/C14H16OP.C5H5.Fe/c1-9-8-13(16)14(10(9)2)11-4-6-12(15-3)7-5-11;1-2-4-5-3-1;/h4-8H,16H2,1-3H3;1-5H;/q-1;-5;. The monoisotopic (exact) mass is 352 g/mol. The quantitative estimate of drug-likeness (QED) is 0.372. The van der Waals surface area contributed by atoms with Crippen molar-refractivity contribution in [2.75, 3.05) is 7.11 Å². The van der Waals surface area contributed by atoms with Gasteiger partial charge in [0.25, 0.3) is 0 Å². The van der Waals surface area contributed by atoms with Gasteiger partial charge in [-0.1, -0.05) is 36.8 Å². The van der Waals surface area contributed by atoms with Crippen LogP contribution in [-0.4, -0.2) is 7.11 Å². The van der Waals surface area contributed by atoms with E-state index in [2.05, 4.69) is 41.3 Å². The molecule has 0 aromatic heterocycles. The first-order valence-electron chi connectivity index (χ1n) is 6.97. The molecule has 0 radical (unpaired) electrons. The molecule has 3 rings (SSSR count). The Bertz CT molecular complexity index is 649. The van der Waals surface area contributed by atoms with Gasteiger partial charge in [0.1, 0.15) is 5.75 Å². The minimum atomic E-state index is 0. The molecule has 3 aromatic rings. The van der Waals surface area contributed by atoms with E-state index in [1.54, 1.807) is 7.11 Å². The van der Waals surface area contributed by atoms with Gasteiger partial charge in [-0.05, 0) is 0 Å². The van der Waals surface area contributed by atoms with Gasteiger partial charge in [0, 0.05) is 17.1 Å². The van der Waals surface area contributed by atoms with Gasteiger partial charge in [0.2, 0.25) is 0 Å². The molecule has 0 heterocycles. The SMILES string of the molecule is COc1ccc(-[c-]2c(P)cc(C)c2C)cc1.[Fe].[cH-]1[cH-][cH-][cH-][cH-]1. The molecule has 22 heavy (non-hydrogen) atoms. The molecular formula is C19H21FeOP-6. The third-order valence-electron chi connectivity index (χ3n) is 3.56. The van der Waals surface area contributed by atoms with Crippen LogP contribution in [0.1, 0.15) is 11.1 Å². The number of aryl methyl sites for hydroxylation is 1. The van der Waals surface area contributed by atoms with Crippen LogP contribution in [0.3, 0.4) is 0 Å². The number of ether oxygens (including phenoxy) is 1. The molecule has 0 bridgehead atoms.